The number of methoxy groups -OCH3 is 1. The number of carbonyl (C=O) groups is 1. The van der Waals surface area contributed by atoms with Crippen LogP contribution < -0.4 is 10.1 Å². The molecule has 0 unspecified atom stereocenters. The fraction of sp³-hybridized carbons (Fsp3) is 0.294. The molecule has 1 amide bonds. The third-order valence-corrected chi connectivity index (χ3v) is 3.44. The van der Waals surface area contributed by atoms with Gasteiger partial charge >= 0.3 is 0 Å². The van der Waals surface area contributed by atoms with E-state index in [0.29, 0.717) is 6.54 Å². The summed E-state index contributed by atoms with van der Waals surface area (Å²) in [6.45, 7) is 0.965. The minimum absolute atomic E-state index is 0.0601. The molecule has 1 heterocycles. The second-order valence-corrected chi connectivity index (χ2v) is 5.00. The largest absolute Gasteiger partial charge is 0.497 e. The third-order valence-electron chi connectivity index (χ3n) is 3.44. The van der Waals surface area contributed by atoms with Gasteiger partial charge < -0.3 is 15.0 Å². The normalized spacial score (nSPS) is 10.1. The van der Waals surface area contributed by atoms with Crippen LogP contribution in [0.2, 0.25) is 0 Å². The van der Waals surface area contributed by atoms with Gasteiger partial charge in [0.2, 0.25) is 5.91 Å². The van der Waals surface area contributed by atoms with Gasteiger partial charge in [0.05, 0.1) is 13.7 Å². The zero-order chi connectivity index (χ0) is 15.8. The van der Waals surface area contributed by atoms with Gasteiger partial charge in [-0.2, -0.15) is 0 Å². The van der Waals surface area contributed by atoms with Crippen molar-refractivity contribution >= 4 is 11.6 Å². The van der Waals surface area contributed by atoms with Crippen LogP contribution in [0.25, 0.3) is 0 Å². The summed E-state index contributed by atoms with van der Waals surface area (Å²) in [6.07, 6.45) is 4.36. The van der Waals surface area contributed by atoms with E-state index in [9.17, 15) is 4.79 Å². The first kappa shape index (κ1) is 15.8. The highest BCUT2D eigenvalue weighted by Gasteiger charge is 2.08. The summed E-state index contributed by atoms with van der Waals surface area (Å²) < 4.78 is 5.10. The van der Waals surface area contributed by atoms with Crippen molar-refractivity contribution in [2.24, 2.45) is 0 Å². The average Bonchev–Trinajstić information content (AvgIpc) is 2.58. The molecule has 1 aromatic carbocycles. The van der Waals surface area contributed by atoms with Crippen molar-refractivity contribution in [1.82, 2.24) is 9.88 Å². The summed E-state index contributed by atoms with van der Waals surface area (Å²) in [5.41, 5.74) is 2.08. The van der Waals surface area contributed by atoms with Crippen LogP contribution in [0.1, 0.15) is 5.56 Å². The Balaban J connectivity index is 1.76. The zero-order valence-corrected chi connectivity index (χ0v) is 13.0. The SMILES string of the molecule is COc1ccc(NCC(=O)N(C)CCc2ccncc2)cc1. The Kier molecular flexibility index (Phi) is 5.77. The fourth-order valence-corrected chi connectivity index (χ4v) is 1.99. The molecule has 1 N–H and O–H groups in total. The molecule has 5 heteroatoms. The number of hydrogen-bond donors (Lipinski definition) is 1. The van der Waals surface area contributed by atoms with Crippen LogP contribution in [0.4, 0.5) is 5.69 Å². The molecule has 5 nitrogen and oxygen atoms in total. The lowest BCUT2D eigenvalue weighted by Gasteiger charge is -2.18. The number of ether oxygens (including phenoxy) is 1. The quantitative estimate of drug-likeness (QED) is 0.851. The van der Waals surface area contributed by atoms with Crippen molar-refractivity contribution in [3.8, 4) is 5.75 Å². The highest BCUT2D eigenvalue weighted by molar-refractivity contribution is 5.80. The molecule has 0 saturated heterocycles. The first-order valence-corrected chi connectivity index (χ1v) is 7.20. The van der Waals surface area contributed by atoms with E-state index in [4.69, 9.17) is 4.74 Å². The Morgan fingerprint density at radius 2 is 1.86 bits per heavy atom. The van der Waals surface area contributed by atoms with Gasteiger partial charge in [-0.15, -0.1) is 0 Å². The summed E-state index contributed by atoms with van der Waals surface area (Å²) in [5.74, 6) is 0.858. The van der Waals surface area contributed by atoms with Gasteiger partial charge in [-0.1, -0.05) is 0 Å². The number of nitrogens with zero attached hydrogens (tertiary/aromatic N) is 2. The van der Waals surface area contributed by atoms with Crippen LogP contribution in [0, 0.1) is 0 Å². The Bertz CT molecular complexity index is 585. The summed E-state index contributed by atoms with van der Waals surface area (Å²) >= 11 is 0. The van der Waals surface area contributed by atoms with Crippen molar-refractivity contribution in [2.45, 2.75) is 6.42 Å². The number of rotatable bonds is 7. The topological polar surface area (TPSA) is 54.5 Å². The summed E-state index contributed by atoms with van der Waals surface area (Å²) in [6, 6.07) is 11.4. The lowest BCUT2D eigenvalue weighted by molar-refractivity contribution is -0.127. The third kappa shape index (κ3) is 4.77. The predicted molar refractivity (Wildman–Crippen MR) is 87.1 cm³/mol. The van der Waals surface area contributed by atoms with Crippen LogP contribution in [-0.4, -0.2) is 43.0 Å². The molecule has 0 atom stereocenters. The predicted octanol–water partition coefficient (Wildman–Crippen LogP) is 2.20. The molecule has 0 aliphatic rings. The number of aromatic nitrogens is 1. The Morgan fingerprint density at radius 3 is 2.50 bits per heavy atom. The van der Waals surface area contributed by atoms with Crippen molar-refractivity contribution in [3.05, 3.63) is 54.4 Å². The van der Waals surface area contributed by atoms with Gasteiger partial charge in [-0.3, -0.25) is 9.78 Å². The number of nitrogens with one attached hydrogen (secondary N) is 1. The highest BCUT2D eigenvalue weighted by Crippen LogP contribution is 2.14. The molecular formula is C17H21N3O2. The molecule has 22 heavy (non-hydrogen) atoms. The van der Waals surface area contributed by atoms with Gasteiger partial charge in [0.15, 0.2) is 0 Å². The summed E-state index contributed by atoms with van der Waals surface area (Å²) in [4.78, 5) is 17.8. The Morgan fingerprint density at radius 1 is 1.18 bits per heavy atom. The Hall–Kier alpha value is -2.56. The molecule has 0 bridgehead atoms. The standard InChI is InChI=1S/C17H21N3O2/c1-20(12-9-14-7-10-18-11-8-14)17(21)13-19-15-3-5-16(22-2)6-4-15/h3-8,10-11,19H,9,12-13H2,1-2H3. The van der Waals surface area contributed by atoms with Gasteiger partial charge in [-0.25, -0.2) is 0 Å². The first-order chi connectivity index (χ1) is 10.7. The van der Waals surface area contributed by atoms with Crippen LogP contribution in [0.3, 0.4) is 0 Å². The Labute approximate surface area is 130 Å². The summed E-state index contributed by atoms with van der Waals surface area (Å²) in [5, 5.41) is 3.12. The smallest absolute Gasteiger partial charge is 0.241 e. The molecule has 2 rings (SSSR count). The van der Waals surface area contributed by atoms with E-state index in [-0.39, 0.29) is 12.5 Å². The number of amides is 1. The minimum Gasteiger partial charge on any atom is -0.497 e. The molecule has 116 valence electrons. The highest BCUT2D eigenvalue weighted by atomic mass is 16.5. The number of anilines is 1. The molecule has 0 aliphatic heterocycles. The zero-order valence-electron chi connectivity index (χ0n) is 13.0. The number of likely N-dealkylation sites (N-methyl/N-ethyl adjacent to an activating group) is 1. The number of hydrogen-bond acceptors (Lipinski definition) is 4. The van der Waals surface area contributed by atoms with Crippen LogP contribution >= 0.6 is 0 Å². The second-order valence-electron chi connectivity index (χ2n) is 5.00. The average molecular weight is 299 g/mol. The van der Waals surface area contributed by atoms with Crippen LogP contribution in [-0.2, 0) is 11.2 Å². The van der Waals surface area contributed by atoms with Crippen molar-refractivity contribution in [3.63, 3.8) is 0 Å². The molecule has 0 spiro atoms. The van der Waals surface area contributed by atoms with Crippen molar-refractivity contribution in [1.29, 1.82) is 0 Å². The van der Waals surface area contributed by atoms with Crippen molar-refractivity contribution in [2.75, 3.05) is 32.6 Å². The van der Waals surface area contributed by atoms with E-state index in [0.717, 1.165) is 17.9 Å². The first-order valence-electron chi connectivity index (χ1n) is 7.20. The molecular weight excluding hydrogens is 278 g/mol. The molecule has 1 aromatic heterocycles. The van der Waals surface area contributed by atoms with E-state index in [2.05, 4.69) is 10.3 Å². The number of benzene rings is 1. The minimum atomic E-state index is 0.0601. The summed E-state index contributed by atoms with van der Waals surface area (Å²) in [7, 11) is 3.45. The van der Waals surface area contributed by atoms with Gasteiger partial charge in [-0.05, 0) is 48.4 Å². The van der Waals surface area contributed by atoms with E-state index in [1.165, 1.54) is 5.56 Å². The maximum absolute atomic E-state index is 12.1. The van der Waals surface area contributed by atoms with Crippen LogP contribution in [0.15, 0.2) is 48.8 Å². The molecule has 0 radical (unpaired) electrons. The van der Waals surface area contributed by atoms with E-state index < -0.39 is 0 Å². The lowest BCUT2D eigenvalue weighted by atomic mass is 10.2. The van der Waals surface area contributed by atoms with Gasteiger partial charge in [0.25, 0.3) is 0 Å². The number of carbonyl (C=O) groups excluding carboxylic acids is 1. The van der Waals surface area contributed by atoms with E-state index in [1.807, 2.05) is 43.4 Å². The molecule has 0 aliphatic carbocycles. The molecule has 2 aromatic rings. The van der Waals surface area contributed by atoms with Gasteiger partial charge in [0, 0.05) is 31.7 Å². The van der Waals surface area contributed by atoms with E-state index in [1.54, 1.807) is 24.4 Å². The maximum Gasteiger partial charge on any atom is 0.241 e. The molecule has 0 saturated carbocycles. The van der Waals surface area contributed by atoms with Crippen molar-refractivity contribution < 1.29 is 9.53 Å². The lowest BCUT2D eigenvalue weighted by Crippen LogP contribution is -2.33. The monoisotopic (exact) mass is 299 g/mol. The van der Waals surface area contributed by atoms with Gasteiger partial charge in [0.1, 0.15) is 5.75 Å². The van der Waals surface area contributed by atoms with E-state index >= 15 is 0 Å². The number of pyridine rings is 1. The molecule has 0 fully saturated rings. The van der Waals surface area contributed by atoms with Crippen LogP contribution in [0.5, 0.6) is 5.75 Å². The maximum atomic E-state index is 12.1. The second kappa shape index (κ2) is 8.02. The fourth-order valence-electron chi connectivity index (χ4n) is 1.99.